The lowest BCUT2D eigenvalue weighted by Crippen LogP contribution is -2.22. The third-order valence-electron chi connectivity index (χ3n) is 2.24. The number of amides is 1. The van der Waals surface area contributed by atoms with Crippen molar-refractivity contribution in [3.05, 3.63) is 51.5 Å². The molecule has 5 heteroatoms. The minimum Gasteiger partial charge on any atom is -0.507 e. The van der Waals surface area contributed by atoms with E-state index in [0.29, 0.717) is 15.7 Å². The van der Waals surface area contributed by atoms with Crippen LogP contribution in [0, 0.1) is 3.57 Å². The summed E-state index contributed by atoms with van der Waals surface area (Å²) in [7, 11) is 0. The van der Waals surface area contributed by atoms with Gasteiger partial charge >= 0.3 is 0 Å². The number of nitrogens with one attached hydrogen (secondary N) is 1. The van der Waals surface area contributed by atoms with E-state index in [1.807, 2.05) is 22.6 Å². The number of furan rings is 1. The molecule has 0 aliphatic carbocycles. The summed E-state index contributed by atoms with van der Waals surface area (Å²) in [6, 6.07) is 6.60. The van der Waals surface area contributed by atoms with Gasteiger partial charge in [0.25, 0.3) is 5.91 Å². The number of phenols is 1. The summed E-state index contributed by atoms with van der Waals surface area (Å²) in [6.07, 6.45) is 3.13. The summed E-state index contributed by atoms with van der Waals surface area (Å²) in [5, 5.41) is 12.2. The first kappa shape index (κ1) is 12.0. The van der Waals surface area contributed by atoms with E-state index in [9.17, 15) is 9.90 Å². The Balaban J connectivity index is 2.02. The molecule has 0 saturated carbocycles. The van der Waals surface area contributed by atoms with Gasteiger partial charge in [0.2, 0.25) is 0 Å². The van der Waals surface area contributed by atoms with Gasteiger partial charge in [-0.15, -0.1) is 0 Å². The third kappa shape index (κ3) is 3.00. The zero-order valence-corrected chi connectivity index (χ0v) is 11.0. The van der Waals surface area contributed by atoms with E-state index in [-0.39, 0.29) is 11.7 Å². The van der Waals surface area contributed by atoms with Crippen LogP contribution in [0.1, 0.15) is 15.9 Å². The maximum atomic E-state index is 11.7. The number of hydrogen-bond donors (Lipinski definition) is 2. The molecule has 1 aromatic heterocycles. The molecule has 0 fully saturated rings. The van der Waals surface area contributed by atoms with Gasteiger partial charge in [0.15, 0.2) is 0 Å². The molecule has 0 aliphatic heterocycles. The number of carbonyl (C=O) groups is 1. The van der Waals surface area contributed by atoms with Gasteiger partial charge in [-0.05, 0) is 46.9 Å². The average molecular weight is 343 g/mol. The smallest absolute Gasteiger partial charge is 0.251 e. The molecule has 0 spiro atoms. The van der Waals surface area contributed by atoms with Crippen LogP contribution in [0.15, 0.2) is 41.2 Å². The van der Waals surface area contributed by atoms with Crippen LogP contribution in [-0.4, -0.2) is 11.0 Å². The van der Waals surface area contributed by atoms with Crippen LogP contribution in [0.25, 0.3) is 0 Å². The van der Waals surface area contributed by atoms with Crippen molar-refractivity contribution in [1.82, 2.24) is 5.32 Å². The molecule has 88 valence electrons. The minimum atomic E-state index is -0.224. The summed E-state index contributed by atoms with van der Waals surface area (Å²) < 4.78 is 5.61. The highest BCUT2D eigenvalue weighted by Gasteiger charge is 2.08. The lowest BCUT2D eigenvalue weighted by atomic mass is 10.2. The van der Waals surface area contributed by atoms with Crippen molar-refractivity contribution in [2.24, 2.45) is 0 Å². The molecule has 4 nitrogen and oxygen atoms in total. The Hall–Kier alpha value is -1.50. The number of phenolic OH excluding ortho intramolecular Hbond substituents is 1. The first-order valence-corrected chi connectivity index (χ1v) is 6.02. The Morgan fingerprint density at radius 2 is 2.24 bits per heavy atom. The topological polar surface area (TPSA) is 62.5 Å². The van der Waals surface area contributed by atoms with Gasteiger partial charge in [-0.1, -0.05) is 0 Å². The zero-order valence-electron chi connectivity index (χ0n) is 8.81. The molecule has 2 aromatic rings. The van der Waals surface area contributed by atoms with Gasteiger partial charge in [-0.3, -0.25) is 4.79 Å². The average Bonchev–Trinajstić information content (AvgIpc) is 2.82. The molecule has 17 heavy (non-hydrogen) atoms. The van der Waals surface area contributed by atoms with Crippen molar-refractivity contribution in [3.63, 3.8) is 0 Å². The SMILES string of the molecule is O=C(NCc1ccoc1)c1ccc(I)c(O)c1. The maximum Gasteiger partial charge on any atom is 0.251 e. The lowest BCUT2D eigenvalue weighted by molar-refractivity contribution is 0.0950. The molecule has 0 bridgehead atoms. The van der Waals surface area contributed by atoms with Crippen molar-refractivity contribution in [2.75, 3.05) is 0 Å². The quantitative estimate of drug-likeness (QED) is 0.842. The van der Waals surface area contributed by atoms with Crippen molar-refractivity contribution in [3.8, 4) is 5.75 Å². The van der Waals surface area contributed by atoms with Crippen LogP contribution in [-0.2, 0) is 6.54 Å². The molecular weight excluding hydrogens is 333 g/mol. The Morgan fingerprint density at radius 3 is 2.88 bits per heavy atom. The Labute approximate surface area is 112 Å². The maximum absolute atomic E-state index is 11.7. The highest BCUT2D eigenvalue weighted by Crippen LogP contribution is 2.20. The van der Waals surface area contributed by atoms with E-state index < -0.39 is 0 Å². The van der Waals surface area contributed by atoms with E-state index in [1.165, 1.54) is 6.07 Å². The molecule has 1 amide bonds. The number of carbonyl (C=O) groups excluding carboxylic acids is 1. The second kappa shape index (κ2) is 5.22. The molecule has 2 rings (SSSR count). The first-order chi connectivity index (χ1) is 8.16. The summed E-state index contributed by atoms with van der Waals surface area (Å²) in [5.41, 5.74) is 1.33. The number of aromatic hydroxyl groups is 1. The predicted molar refractivity (Wildman–Crippen MR) is 70.7 cm³/mol. The molecule has 0 unspecified atom stereocenters. The Kier molecular flexibility index (Phi) is 3.68. The highest BCUT2D eigenvalue weighted by atomic mass is 127. The van der Waals surface area contributed by atoms with E-state index in [1.54, 1.807) is 30.7 Å². The largest absolute Gasteiger partial charge is 0.507 e. The number of hydrogen-bond acceptors (Lipinski definition) is 3. The molecular formula is C12H10INO3. The molecule has 2 N–H and O–H groups in total. The van der Waals surface area contributed by atoms with Gasteiger partial charge in [0, 0.05) is 17.7 Å². The van der Waals surface area contributed by atoms with Gasteiger partial charge in [-0.25, -0.2) is 0 Å². The van der Waals surface area contributed by atoms with Gasteiger partial charge in [0.1, 0.15) is 5.75 Å². The molecule has 0 radical (unpaired) electrons. The minimum absolute atomic E-state index is 0.113. The monoisotopic (exact) mass is 343 g/mol. The van der Waals surface area contributed by atoms with Crippen molar-refractivity contribution in [1.29, 1.82) is 0 Å². The van der Waals surface area contributed by atoms with Crippen molar-refractivity contribution < 1.29 is 14.3 Å². The lowest BCUT2D eigenvalue weighted by Gasteiger charge is -2.04. The summed E-state index contributed by atoms with van der Waals surface area (Å²) in [5.74, 6) is -0.112. The van der Waals surface area contributed by atoms with Gasteiger partial charge < -0.3 is 14.8 Å². The summed E-state index contributed by atoms with van der Waals surface area (Å²) in [6.45, 7) is 0.405. The molecule has 0 saturated heterocycles. The third-order valence-corrected chi connectivity index (χ3v) is 3.15. The number of benzene rings is 1. The fourth-order valence-electron chi connectivity index (χ4n) is 1.33. The second-order valence-electron chi connectivity index (χ2n) is 3.48. The molecule has 1 heterocycles. The first-order valence-electron chi connectivity index (χ1n) is 4.94. The summed E-state index contributed by atoms with van der Waals surface area (Å²) >= 11 is 2.00. The van der Waals surface area contributed by atoms with Gasteiger partial charge in [-0.2, -0.15) is 0 Å². The fraction of sp³-hybridized carbons (Fsp3) is 0.0833. The van der Waals surface area contributed by atoms with Crippen LogP contribution in [0.4, 0.5) is 0 Å². The summed E-state index contributed by atoms with van der Waals surface area (Å²) in [4.78, 5) is 11.7. The Morgan fingerprint density at radius 1 is 1.41 bits per heavy atom. The van der Waals surface area contributed by atoms with Crippen LogP contribution in [0.5, 0.6) is 5.75 Å². The molecule has 1 aromatic carbocycles. The van der Waals surface area contributed by atoms with Gasteiger partial charge in [0.05, 0.1) is 16.1 Å². The predicted octanol–water partition coefficient (Wildman–Crippen LogP) is 2.52. The molecule has 0 aliphatic rings. The normalized spacial score (nSPS) is 10.2. The Bertz CT molecular complexity index is 523. The zero-order chi connectivity index (χ0) is 12.3. The van der Waals surface area contributed by atoms with Crippen LogP contribution >= 0.6 is 22.6 Å². The van der Waals surface area contributed by atoms with Crippen LogP contribution < -0.4 is 5.32 Å². The number of halogens is 1. The standard InChI is InChI=1S/C12H10INO3/c13-10-2-1-9(5-11(10)15)12(16)14-6-8-3-4-17-7-8/h1-5,7,15H,6H2,(H,14,16). The fourth-order valence-corrected chi connectivity index (χ4v) is 1.67. The molecule has 0 atom stereocenters. The van der Waals surface area contributed by atoms with Crippen molar-refractivity contribution >= 4 is 28.5 Å². The van der Waals surface area contributed by atoms with E-state index in [2.05, 4.69) is 5.32 Å². The van der Waals surface area contributed by atoms with E-state index in [4.69, 9.17) is 4.42 Å². The van der Waals surface area contributed by atoms with Crippen LogP contribution in [0.3, 0.4) is 0 Å². The van der Waals surface area contributed by atoms with Crippen LogP contribution in [0.2, 0.25) is 0 Å². The van der Waals surface area contributed by atoms with Crippen molar-refractivity contribution in [2.45, 2.75) is 6.54 Å². The number of rotatable bonds is 3. The second-order valence-corrected chi connectivity index (χ2v) is 4.64. The van der Waals surface area contributed by atoms with E-state index >= 15 is 0 Å². The highest BCUT2D eigenvalue weighted by molar-refractivity contribution is 14.1. The van der Waals surface area contributed by atoms with E-state index in [0.717, 1.165) is 5.56 Å².